The van der Waals surface area contributed by atoms with E-state index < -0.39 is 0 Å². The van der Waals surface area contributed by atoms with Gasteiger partial charge in [-0.25, -0.2) is 9.97 Å². The van der Waals surface area contributed by atoms with Crippen LogP contribution in [-0.4, -0.2) is 19.7 Å². The zero-order valence-electron chi connectivity index (χ0n) is 12.3. The van der Waals surface area contributed by atoms with Crippen LogP contribution in [-0.2, 0) is 12.0 Å². The highest BCUT2D eigenvalue weighted by Gasteiger charge is 2.23. The van der Waals surface area contributed by atoms with Gasteiger partial charge in [0.2, 0.25) is 0 Å². The van der Waals surface area contributed by atoms with Gasteiger partial charge >= 0.3 is 0 Å². The summed E-state index contributed by atoms with van der Waals surface area (Å²) < 4.78 is 2.69. The minimum absolute atomic E-state index is 0.111. The molecule has 5 nitrogen and oxygen atoms in total. The van der Waals surface area contributed by atoms with E-state index in [1.807, 2.05) is 10.7 Å². The van der Waals surface area contributed by atoms with Gasteiger partial charge in [0, 0.05) is 18.2 Å². The summed E-state index contributed by atoms with van der Waals surface area (Å²) in [5.74, 6) is 1.09. The fourth-order valence-electron chi connectivity index (χ4n) is 1.99. The molecule has 108 valence electrons. The highest BCUT2D eigenvalue weighted by Crippen LogP contribution is 2.33. The van der Waals surface area contributed by atoms with Crippen LogP contribution in [0.4, 0.5) is 5.82 Å². The van der Waals surface area contributed by atoms with Crippen molar-refractivity contribution in [3.63, 3.8) is 0 Å². The van der Waals surface area contributed by atoms with Crippen molar-refractivity contribution in [3.05, 3.63) is 22.4 Å². The van der Waals surface area contributed by atoms with Crippen molar-refractivity contribution in [1.82, 2.24) is 19.7 Å². The second kappa shape index (κ2) is 5.52. The Morgan fingerprint density at radius 2 is 2.00 bits per heavy atom. The van der Waals surface area contributed by atoms with E-state index in [4.69, 9.17) is 10.7 Å². The normalized spacial score (nSPS) is 11.8. The molecule has 0 bridgehead atoms. The molecule has 0 fully saturated rings. The first-order valence-electron chi connectivity index (χ1n) is 6.70. The minimum Gasteiger partial charge on any atom is -0.383 e. The van der Waals surface area contributed by atoms with Gasteiger partial charge in [0.1, 0.15) is 11.5 Å². The van der Waals surface area contributed by atoms with Gasteiger partial charge in [-0.1, -0.05) is 27.7 Å². The van der Waals surface area contributed by atoms with Gasteiger partial charge in [-0.3, -0.25) is 4.68 Å². The fourth-order valence-corrected chi connectivity index (χ4v) is 2.76. The van der Waals surface area contributed by atoms with Gasteiger partial charge in [0.15, 0.2) is 5.82 Å². The van der Waals surface area contributed by atoms with Crippen LogP contribution < -0.4 is 5.73 Å². The Hall–Kier alpha value is -1.43. The summed E-state index contributed by atoms with van der Waals surface area (Å²) in [6.45, 7) is 9.27. The van der Waals surface area contributed by atoms with E-state index in [2.05, 4.69) is 53.7 Å². The number of nitrogens with zero attached hydrogens (tertiary/aromatic N) is 4. The Bertz CT molecular complexity index is 613. The second-order valence-electron chi connectivity index (χ2n) is 5.78. The lowest BCUT2D eigenvalue weighted by Gasteiger charge is -2.21. The summed E-state index contributed by atoms with van der Waals surface area (Å²) in [5, 5.41) is 4.31. The number of nitrogen functional groups attached to an aromatic ring is 1. The Labute approximate surface area is 127 Å². The molecule has 0 aliphatic carbocycles. The van der Waals surface area contributed by atoms with Crippen molar-refractivity contribution in [2.45, 2.75) is 46.1 Å². The van der Waals surface area contributed by atoms with E-state index in [0.29, 0.717) is 11.6 Å². The summed E-state index contributed by atoms with van der Waals surface area (Å²) >= 11 is 3.49. The van der Waals surface area contributed by atoms with Crippen LogP contribution >= 0.6 is 15.9 Å². The third-order valence-corrected chi connectivity index (χ3v) is 3.75. The first-order chi connectivity index (χ1) is 9.34. The van der Waals surface area contributed by atoms with E-state index in [1.54, 1.807) is 6.20 Å². The zero-order chi connectivity index (χ0) is 14.9. The second-order valence-corrected chi connectivity index (χ2v) is 6.58. The Morgan fingerprint density at radius 1 is 1.30 bits per heavy atom. The average molecular weight is 338 g/mol. The van der Waals surface area contributed by atoms with Crippen molar-refractivity contribution in [1.29, 1.82) is 0 Å². The van der Waals surface area contributed by atoms with Crippen LogP contribution in [0.1, 0.15) is 39.8 Å². The zero-order valence-corrected chi connectivity index (χ0v) is 13.9. The van der Waals surface area contributed by atoms with Crippen LogP contribution in [0.15, 0.2) is 16.7 Å². The maximum Gasteiger partial charge on any atom is 0.180 e. The number of rotatable bonds is 3. The molecule has 2 rings (SSSR count). The van der Waals surface area contributed by atoms with Crippen molar-refractivity contribution < 1.29 is 0 Å². The van der Waals surface area contributed by atoms with E-state index in [1.165, 1.54) is 0 Å². The van der Waals surface area contributed by atoms with Gasteiger partial charge in [-0.2, -0.15) is 5.10 Å². The van der Waals surface area contributed by atoms with Crippen LogP contribution in [0, 0.1) is 0 Å². The Kier molecular flexibility index (Phi) is 4.13. The predicted molar refractivity (Wildman–Crippen MR) is 84.4 cm³/mol. The largest absolute Gasteiger partial charge is 0.383 e. The highest BCUT2D eigenvalue weighted by molar-refractivity contribution is 9.10. The van der Waals surface area contributed by atoms with Crippen molar-refractivity contribution in [2.75, 3.05) is 5.73 Å². The Balaban J connectivity index is 2.58. The standard InChI is InChI=1S/C14H20BrN5/c1-5-8-20-9(6-7-17-20)13-18-11(14(2,3)4)10(15)12(16)19-13/h6-7H,5,8H2,1-4H3,(H2,16,18,19). The molecule has 6 heteroatoms. The van der Waals surface area contributed by atoms with Crippen molar-refractivity contribution >= 4 is 21.7 Å². The van der Waals surface area contributed by atoms with Crippen LogP contribution in [0.2, 0.25) is 0 Å². The van der Waals surface area contributed by atoms with Crippen molar-refractivity contribution in [3.8, 4) is 11.5 Å². The first kappa shape index (κ1) is 15.0. The summed E-state index contributed by atoms with van der Waals surface area (Å²) in [6, 6.07) is 1.92. The molecule has 0 unspecified atom stereocenters. The SMILES string of the molecule is CCCn1nccc1-c1nc(N)c(Br)c(C(C)(C)C)n1. The molecular weight excluding hydrogens is 318 g/mol. The van der Waals surface area contributed by atoms with Crippen LogP contribution in [0.5, 0.6) is 0 Å². The highest BCUT2D eigenvalue weighted by atomic mass is 79.9. The number of anilines is 1. The van der Waals surface area contributed by atoms with Gasteiger partial charge in [-0.05, 0) is 28.4 Å². The smallest absolute Gasteiger partial charge is 0.180 e. The number of aryl methyl sites for hydroxylation is 1. The maximum absolute atomic E-state index is 6.02. The Morgan fingerprint density at radius 3 is 2.60 bits per heavy atom. The molecular formula is C14H20BrN5. The lowest BCUT2D eigenvalue weighted by molar-refractivity contribution is 0.562. The third kappa shape index (κ3) is 2.85. The third-order valence-electron chi connectivity index (χ3n) is 2.97. The number of nitrogens with two attached hydrogens (primary N) is 1. The van der Waals surface area contributed by atoms with E-state index >= 15 is 0 Å². The summed E-state index contributed by atoms with van der Waals surface area (Å²) in [5.41, 5.74) is 7.72. The molecule has 0 aromatic carbocycles. The van der Waals surface area contributed by atoms with E-state index in [9.17, 15) is 0 Å². The molecule has 0 saturated heterocycles. The molecule has 0 radical (unpaired) electrons. The molecule has 0 aliphatic heterocycles. The number of aromatic nitrogens is 4. The molecule has 0 spiro atoms. The maximum atomic E-state index is 6.02. The molecule has 2 heterocycles. The molecule has 2 N–H and O–H groups in total. The topological polar surface area (TPSA) is 69.6 Å². The summed E-state index contributed by atoms with van der Waals surface area (Å²) in [4.78, 5) is 9.08. The monoisotopic (exact) mass is 337 g/mol. The molecule has 2 aromatic heterocycles. The van der Waals surface area contributed by atoms with Gasteiger partial charge in [0.25, 0.3) is 0 Å². The van der Waals surface area contributed by atoms with Gasteiger partial charge < -0.3 is 5.73 Å². The number of hydrogen-bond donors (Lipinski definition) is 1. The quantitative estimate of drug-likeness (QED) is 0.931. The predicted octanol–water partition coefficient (Wildman–Crippen LogP) is 3.39. The molecule has 0 saturated carbocycles. The molecule has 2 aromatic rings. The number of halogens is 1. The average Bonchev–Trinajstić information content (AvgIpc) is 2.79. The van der Waals surface area contributed by atoms with Crippen molar-refractivity contribution in [2.24, 2.45) is 0 Å². The summed E-state index contributed by atoms with van der Waals surface area (Å²) in [7, 11) is 0. The number of hydrogen-bond acceptors (Lipinski definition) is 4. The molecule has 0 amide bonds. The van der Waals surface area contributed by atoms with Gasteiger partial charge in [0.05, 0.1) is 10.2 Å². The van der Waals surface area contributed by atoms with Crippen LogP contribution in [0.3, 0.4) is 0 Å². The lowest BCUT2D eigenvalue weighted by atomic mass is 9.92. The molecule has 0 atom stereocenters. The first-order valence-corrected chi connectivity index (χ1v) is 7.49. The lowest BCUT2D eigenvalue weighted by Crippen LogP contribution is -2.17. The summed E-state index contributed by atoms with van der Waals surface area (Å²) in [6.07, 6.45) is 2.77. The van der Waals surface area contributed by atoms with E-state index in [-0.39, 0.29) is 5.41 Å². The van der Waals surface area contributed by atoms with Crippen LogP contribution in [0.25, 0.3) is 11.5 Å². The molecule has 0 aliphatic rings. The fraction of sp³-hybridized carbons (Fsp3) is 0.500. The minimum atomic E-state index is -0.111. The van der Waals surface area contributed by atoms with Gasteiger partial charge in [-0.15, -0.1) is 0 Å². The molecule has 20 heavy (non-hydrogen) atoms. The van der Waals surface area contributed by atoms with E-state index in [0.717, 1.165) is 28.8 Å².